The number of carbonyl (C=O) groups excluding carboxylic acids is 2. The number of unbranched alkanes of at least 4 members (excludes halogenated alkanes) is 2. The van der Waals surface area contributed by atoms with Crippen LogP contribution in [0.4, 0.5) is 0 Å². The van der Waals surface area contributed by atoms with E-state index in [9.17, 15) is 9.59 Å². The van der Waals surface area contributed by atoms with Crippen molar-refractivity contribution in [1.29, 1.82) is 0 Å². The molecule has 0 bridgehead atoms. The lowest BCUT2D eigenvalue weighted by Gasteiger charge is -2.40. The zero-order valence-electron chi connectivity index (χ0n) is 19.0. The monoisotopic (exact) mass is 432 g/mol. The first-order valence-electron chi connectivity index (χ1n) is 11.3. The molecule has 4 heteroatoms. The minimum Gasteiger partial charge on any atom is -0.422 e. The third-order valence-electron chi connectivity index (χ3n) is 5.63. The van der Waals surface area contributed by atoms with E-state index >= 15 is 0 Å². The summed E-state index contributed by atoms with van der Waals surface area (Å²) in [6.45, 7) is 3.19. The Morgan fingerprint density at radius 3 is 1.50 bits per heavy atom. The van der Waals surface area contributed by atoms with Crippen molar-refractivity contribution in [2.45, 2.75) is 58.2 Å². The minimum absolute atomic E-state index is 0.419. The number of hydrogen-bond acceptors (Lipinski definition) is 4. The molecule has 3 rings (SSSR count). The van der Waals surface area contributed by atoms with Gasteiger partial charge in [-0.15, -0.1) is 0 Å². The average molecular weight is 433 g/mol. The summed E-state index contributed by atoms with van der Waals surface area (Å²) in [6, 6.07) is 20.1. The molecule has 0 atom stereocenters. The summed E-state index contributed by atoms with van der Waals surface area (Å²) >= 11 is 0. The van der Waals surface area contributed by atoms with Gasteiger partial charge in [0.2, 0.25) is 0 Å². The van der Waals surface area contributed by atoms with Gasteiger partial charge in [0.1, 0.15) is 0 Å². The van der Waals surface area contributed by atoms with Crippen LogP contribution in [0, 0.1) is 5.41 Å². The zero-order chi connectivity index (χ0) is 22.9. The normalized spacial score (nSPS) is 17.4. The van der Waals surface area contributed by atoms with E-state index in [-0.39, 0.29) is 0 Å². The lowest BCUT2D eigenvalue weighted by atomic mass is 9.77. The molecule has 1 saturated heterocycles. The summed E-state index contributed by atoms with van der Waals surface area (Å²) in [5, 5.41) is 0. The van der Waals surface area contributed by atoms with Crippen LogP contribution < -0.4 is 0 Å². The highest BCUT2D eigenvalue weighted by atomic mass is 16.7. The fourth-order valence-electron chi connectivity index (χ4n) is 3.89. The number of cyclic esters (lactones) is 2. The Hall–Kier alpha value is -3.14. The molecule has 2 aromatic rings. The van der Waals surface area contributed by atoms with Gasteiger partial charge in [0.05, 0.1) is 0 Å². The van der Waals surface area contributed by atoms with Gasteiger partial charge in [-0.1, -0.05) is 85.0 Å². The Balaban J connectivity index is 1.59. The molecule has 0 radical (unpaired) electrons. The fourth-order valence-corrected chi connectivity index (χ4v) is 3.89. The molecule has 0 unspecified atom stereocenters. The Kier molecular flexibility index (Phi) is 8.04. The molecule has 32 heavy (non-hydrogen) atoms. The number of rotatable bonds is 10. The van der Waals surface area contributed by atoms with Crippen LogP contribution in [0.25, 0.3) is 12.2 Å². The van der Waals surface area contributed by atoms with Gasteiger partial charge < -0.3 is 9.47 Å². The third-order valence-corrected chi connectivity index (χ3v) is 5.63. The number of ether oxygens (including phenoxy) is 2. The lowest BCUT2D eigenvalue weighted by molar-refractivity contribution is -0.252. The summed E-state index contributed by atoms with van der Waals surface area (Å²) in [7, 11) is 0. The van der Waals surface area contributed by atoms with Crippen molar-refractivity contribution in [3.63, 3.8) is 0 Å². The van der Waals surface area contributed by atoms with Crippen LogP contribution in [0.3, 0.4) is 0 Å². The SMILES string of the molecule is CC1(C)OC(=O)C(CCCC=Cc2ccccc2)(CCCC=Cc2ccccc2)C(=O)O1. The number of hydrogen-bond donors (Lipinski definition) is 0. The highest BCUT2D eigenvalue weighted by Crippen LogP contribution is 2.40. The maximum absolute atomic E-state index is 13.0. The molecule has 0 amide bonds. The smallest absolute Gasteiger partial charge is 0.326 e. The van der Waals surface area contributed by atoms with Gasteiger partial charge in [0.15, 0.2) is 5.41 Å². The van der Waals surface area contributed by atoms with Crippen molar-refractivity contribution >= 4 is 24.1 Å². The molecular weight excluding hydrogens is 400 g/mol. The van der Waals surface area contributed by atoms with E-state index in [4.69, 9.17) is 9.47 Å². The summed E-state index contributed by atoms with van der Waals surface area (Å²) in [5.74, 6) is -2.13. The van der Waals surface area contributed by atoms with Crippen molar-refractivity contribution in [3.05, 3.63) is 83.9 Å². The van der Waals surface area contributed by atoms with Gasteiger partial charge >= 0.3 is 11.9 Å². The molecule has 0 aromatic heterocycles. The van der Waals surface area contributed by atoms with Crippen molar-refractivity contribution in [3.8, 4) is 0 Å². The van der Waals surface area contributed by atoms with E-state index in [1.54, 1.807) is 13.8 Å². The molecular formula is C28H32O4. The van der Waals surface area contributed by atoms with Crippen LogP contribution >= 0.6 is 0 Å². The van der Waals surface area contributed by atoms with Gasteiger partial charge in [-0.25, -0.2) is 0 Å². The van der Waals surface area contributed by atoms with Gasteiger partial charge in [-0.05, 0) is 49.7 Å². The van der Waals surface area contributed by atoms with Crippen LogP contribution in [-0.4, -0.2) is 17.7 Å². The Morgan fingerprint density at radius 1 is 0.688 bits per heavy atom. The molecule has 1 heterocycles. The van der Waals surface area contributed by atoms with Gasteiger partial charge in [-0.3, -0.25) is 9.59 Å². The summed E-state index contributed by atoms with van der Waals surface area (Å²) in [5.41, 5.74) is 1.03. The van der Waals surface area contributed by atoms with Gasteiger partial charge in [0, 0.05) is 13.8 Å². The van der Waals surface area contributed by atoms with Crippen LogP contribution in [0.1, 0.15) is 63.5 Å². The zero-order valence-corrected chi connectivity index (χ0v) is 19.0. The molecule has 1 aliphatic rings. The molecule has 0 spiro atoms. The van der Waals surface area contributed by atoms with E-state index in [2.05, 4.69) is 24.3 Å². The molecule has 0 aliphatic carbocycles. The lowest BCUT2D eigenvalue weighted by Crippen LogP contribution is -2.53. The van der Waals surface area contributed by atoms with E-state index in [1.165, 1.54) is 0 Å². The fraction of sp³-hybridized carbons (Fsp3) is 0.357. The number of allylic oxidation sites excluding steroid dienone is 2. The van der Waals surface area contributed by atoms with E-state index < -0.39 is 23.1 Å². The number of esters is 2. The Labute approximate surface area is 190 Å². The predicted octanol–water partition coefficient (Wildman–Crippen LogP) is 6.58. The first-order chi connectivity index (χ1) is 15.4. The maximum Gasteiger partial charge on any atom is 0.326 e. The highest BCUT2D eigenvalue weighted by Gasteiger charge is 2.55. The molecule has 0 N–H and O–H groups in total. The van der Waals surface area contributed by atoms with Crippen molar-refractivity contribution in [2.75, 3.05) is 0 Å². The molecule has 0 saturated carbocycles. The van der Waals surface area contributed by atoms with Gasteiger partial charge in [0.25, 0.3) is 5.79 Å². The Bertz CT molecular complexity index is 864. The van der Waals surface area contributed by atoms with Gasteiger partial charge in [-0.2, -0.15) is 0 Å². The Morgan fingerprint density at radius 2 is 1.09 bits per heavy atom. The maximum atomic E-state index is 13.0. The topological polar surface area (TPSA) is 52.6 Å². The van der Waals surface area contributed by atoms with E-state index in [0.717, 1.165) is 24.0 Å². The van der Waals surface area contributed by atoms with Crippen molar-refractivity contribution < 1.29 is 19.1 Å². The van der Waals surface area contributed by atoms with E-state index in [1.807, 2.05) is 60.7 Å². The first-order valence-corrected chi connectivity index (χ1v) is 11.3. The average Bonchev–Trinajstić information content (AvgIpc) is 2.77. The second-order valence-corrected chi connectivity index (χ2v) is 8.67. The van der Waals surface area contributed by atoms with Crippen LogP contribution in [-0.2, 0) is 19.1 Å². The minimum atomic E-state index is -1.23. The molecule has 4 nitrogen and oxygen atoms in total. The van der Waals surface area contributed by atoms with Crippen molar-refractivity contribution in [2.24, 2.45) is 5.41 Å². The molecule has 168 valence electrons. The van der Waals surface area contributed by atoms with E-state index in [0.29, 0.717) is 25.7 Å². The quantitative estimate of drug-likeness (QED) is 0.242. The molecule has 1 fully saturated rings. The van der Waals surface area contributed by atoms with Crippen LogP contribution in [0.5, 0.6) is 0 Å². The third kappa shape index (κ3) is 6.43. The second-order valence-electron chi connectivity index (χ2n) is 8.67. The first kappa shape index (κ1) is 23.5. The van der Waals surface area contributed by atoms with Crippen molar-refractivity contribution in [1.82, 2.24) is 0 Å². The summed E-state index contributed by atoms with van der Waals surface area (Å²) < 4.78 is 11.0. The largest absolute Gasteiger partial charge is 0.422 e. The number of benzene rings is 2. The summed E-state index contributed by atoms with van der Waals surface area (Å²) in [6.07, 6.45) is 12.1. The number of carbonyl (C=O) groups is 2. The molecule has 2 aromatic carbocycles. The predicted molar refractivity (Wildman–Crippen MR) is 127 cm³/mol. The second kappa shape index (κ2) is 10.9. The standard InChI is InChI=1S/C28H32O4/c1-27(2)31-25(29)28(26(30)32-27,21-13-5-11-19-23-15-7-3-8-16-23)22-14-6-12-20-24-17-9-4-10-18-24/h3-4,7-12,15-20H,5-6,13-14,21-22H2,1-2H3. The molecule has 1 aliphatic heterocycles. The summed E-state index contributed by atoms with van der Waals surface area (Å²) in [4.78, 5) is 25.9. The van der Waals surface area contributed by atoms with Crippen LogP contribution in [0.2, 0.25) is 0 Å². The van der Waals surface area contributed by atoms with Crippen LogP contribution in [0.15, 0.2) is 72.8 Å². The highest BCUT2D eigenvalue weighted by molar-refractivity contribution is 6.01.